The lowest BCUT2D eigenvalue weighted by Gasteiger charge is -2.35. The number of amides is 3. The van der Waals surface area contributed by atoms with Crippen molar-refractivity contribution in [1.82, 2.24) is 9.21 Å². The number of fused-ring (bicyclic) bond motifs is 1. The molecular formula is C47H64N4O6S2. The minimum Gasteiger partial charge on any atom is -0.433 e. The number of aliphatic imine (C=N–C) groups is 1. The van der Waals surface area contributed by atoms with Gasteiger partial charge in [-0.1, -0.05) is 145 Å². The Balaban J connectivity index is 1.33. The van der Waals surface area contributed by atoms with Crippen LogP contribution in [0.1, 0.15) is 140 Å². The van der Waals surface area contributed by atoms with Gasteiger partial charge < -0.3 is 10.1 Å². The number of hydrogen-bond acceptors (Lipinski definition) is 8. The van der Waals surface area contributed by atoms with Crippen LogP contribution in [0.2, 0.25) is 0 Å². The van der Waals surface area contributed by atoms with Gasteiger partial charge in [-0.05, 0) is 88.1 Å². The molecule has 10 nitrogen and oxygen atoms in total. The molecule has 0 aliphatic carbocycles. The number of sulfonamides is 1. The average Bonchev–Trinajstić information content (AvgIpc) is 3.39. The summed E-state index contributed by atoms with van der Waals surface area (Å²) in [7, 11) is -4.23. The van der Waals surface area contributed by atoms with Crippen molar-refractivity contribution in [3.8, 4) is 0 Å². The van der Waals surface area contributed by atoms with Gasteiger partial charge in [-0.15, -0.1) is 0 Å². The van der Waals surface area contributed by atoms with Gasteiger partial charge in [0.15, 0.2) is 17.5 Å². The molecule has 1 unspecified atom stereocenters. The van der Waals surface area contributed by atoms with Crippen LogP contribution in [0.25, 0.3) is 0 Å². The van der Waals surface area contributed by atoms with Crippen LogP contribution in [0.15, 0.2) is 80.3 Å². The number of carbonyl (C=O) groups is 3. The Bertz CT molecular complexity index is 2080. The Labute approximate surface area is 357 Å². The van der Waals surface area contributed by atoms with E-state index in [0.29, 0.717) is 12.1 Å². The fourth-order valence-corrected chi connectivity index (χ4v) is 10.3. The highest BCUT2D eigenvalue weighted by Gasteiger charge is 2.55. The van der Waals surface area contributed by atoms with Crippen molar-refractivity contribution in [2.45, 2.75) is 171 Å². The molecule has 0 bridgehead atoms. The highest BCUT2D eigenvalue weighted by atomic mass is 32.2. The molecule has 0 radical (unpaired) electrons. The van der Waals surface area contributed by atoms with Crippen molar-refractivity contribution in [2.24, 2.45) is 4.99 Å². The summed E-state index contributed by atoms with van der Waals surface area (Å²) in [6, 6.07) is 16.4. The molecule has 0 spiro atoms. The van der Waals surface area contributed by atoms with Crippen LogP contribution in [0.4, 0.5) is 16.2 Å². The van der Waals surface area contributed by atoms with Crippen LogP contribution in [0, 0.1) is 20.8 Å². The Morgan fingerprint density at radius 1 is 0.763 bits per heavy atom. The van der Waals surface area contributed by atoms with Crippen LogP contribution in [0.5, 0.6) is 0 Å². The molecule has 3 aromatic carbocycles. The number of aryl methyl sites for hydroxylation is 3. The number of anilines is 1. The maximum atomic E-state index is 14.8. The van der Waals surface area contributed by atoms with Crippen molar-refractivity contribution in [3.63, 3.8) is 0 Å². The van der Waals surface area contributed by atoms with E-state index in [-0.39, 0.29) is 23.0 Å². The molecule has 2 aliphatic heterocycles. The fraction of sp³-hybridized carbons (Fsp3) is 0.532. The minimum absolute atomic E-state index is 0.000880. The quantitative estimate of drug-likeness (QED) is 0.0942. The lowest BCUT2D eigenvalue weighted by molar-refractivity contribution is -0.137. The second kappa shape index (κ2) is 21.4. The number of cyclic esters (lactones) is 1. The zero-order chi connectivity index (χ0) is 42.6. The summed E-state index contributed by atoms with van der Waals surface area (Å²) in [5.74, 6) is -1.77. The first-order valence-electron chi connectivity index (χ1n) is 21.7. The number of amidine groups is 1. The molecule has 1 N–H and O–H groups in total. The SMILES string of the molecule is CCCCCCCCCCCCCCCCCCN1C(C(C(=O)Nc2cc(C)ccc2Sc2cc(C)ccc2C)N2C(=O)OC(C)(C)C2=O)=Nc2ccccc2S1(=O)=O. The average molecular weight is 845 g/mol. The second-order valence-corrected chi connectivity index (χ2v) is 19.5. The third-order valence-corrected chi connectivity index (χ3v) is 14.2. The van der Waals surface area contributed by atoms with Crippen molar-refractivity contribution in [3.05, 3.63) is 77.4 Å². The second-order valence-electron chi connectivity index (χ2n) is 16.6. The molecule has 12 heteroatoms. The van der Waals surface area contributed by atoms with E-state index in [4.69, 9.17) is 9.73 Å². The first-order valence-corrected chi connectivity index (χ1v) is 23.9. The van der Waals surface area contributed by atoms with Gasteiger partial charge in [0.1, 0.15) is 4.90 Å². The Hall–Kier alpha value is -4.16. The van der Waals surface area contributed by atoms with Gasteiger partial charge >= 0.3 is 6.09 Å². The predicted octanol–water partition coefficient (Wildman–Crippen LogP) is 11.8. The molecule has 59 heavy (non-hydrogen) atoms. The van der Waals surface area contributed by atoms with Gasteiger partial charge in [0.2, 0.25) is 0 Å². The highest BCUT2D eigenvalue weighted by molar-refractivity contribution is 7.99. The molecule has 0 saturated carbocycles. The van der Waals surface area contributed by atoms with E-state index in [1.54, 1.807) is 18.2 Å². The van der Waals surface area contributed by atoms with Crippen LogP contribution in [-0.2, 0) is 24.3 Å². The van der Waals surface area contributed by atoms with E-state index in [9.17, 15) is 22.8 Å². The van der Waals surface area contributed by atoms with E-state index in [0.717, 1.165) is 61.4 Å². The largest absolute Gasteiger partial charge is 0.433 e. The van der Waals surface area contributed by atoms with Gasteiger partial charge in [-0.3, -0.25) is 13.9 Å². The number of rotatable bonds is 23. The standard InChI is InChI=1S/C47H64N4O6S2/c1-7-8-9-10-11-12-13-14-15-16-17-18-19-20-21-24-31-50-43(48-37-25-22-23-26-41(37)59(50,55)56)42(51-45(53)47(5,6)57-46(51)54)44(52)49-38-32-34(2)28-30-39(38)58-40-33-35(3)27-29-36(40)4/h22-23,25-30,32-33,42H,7-21,24,31H2,1-6H3,(H,49,52). The van der Waals surface area contributed by atoms with Gasteiger partial charge in [-0.2, -0.15) is 0 Å². The number of nitrogens with zero attached hydrogens (tertiary/aromatic N) is 3. The number of hydrogen-bond donors (Lipinski definition) is 1. The summed E-state index contributed by atoms with van der Waals surface area (Å²) >= 11 is 1.48. The minimum atomic E-state index is -4.23. The number of carbonyl (C=O) groups excluding carboxylic acids is 3. The van der Waals surface area contributed by atoms with Crippen molar-refractivity contribution in [1.29, 1.82) is 0 Å². The maximum Gasteiger partial charge on any atom is 0.418 e. The first kappa shape index (κ1) is 45.9. The van der Waals surface area contributed by atoms with Gasteiger partial charge in [0, 0.05) is 16.3 Å². The summed E-state index contributed by atoms with van der Waals surface area (Å²) in [5, 5.41) is 2.98. The Kier molecular flexibility index (Phi) is 16.6. The van der Waals surface area contributed by atoms with E-state index in [1.807, 2.05) is 51.1 Å². The molecule has 1 atom stereocenters. The fourth-order valence-electron chi connectivity index (χ4n) is 7.65. The normalized spacial score (nSPS) is 16.1. The van der Waals surface area contributed by atoms with Crippen molar-refractivity contribution in [2.75, 3.05) is 11.9 Å². The molecule has 3 aromatic rings. The van der Waals surface area contributed by atoms with Crippen molar-refractivity contribution >= 4 is 56.9 Å². The monoisotopic (exact) mass is 844 g/mol. The molecule has 320 valence electrons. The van der Waals surface area contributed by atoms with Gasteiger partial charge in [0.05, 0.1) is 11.4 Å². The molecule has 1 saturated heterocycles. The van der Waals surface area contributed by atoms with Crippen LogP contribution in [-0.4, -0.2) is 59.6 Å². The number of unbranched alkanes of at least 4 members (excludes halogenated alkanes) is 15. The van der Waals surface area contributed by atoms with E-state index in [1.165, 1.54) is 102 Å². The zero-order valence-corrected chi connectivity index (χ0v) is 37.6. The van der Waals surface area contributed by atoms with E-state index >= 15 is 0 Å². The third kappa shape index (κ3) is 12.0. The molecule has 3 amide bonds. The number of imide groups is 1. The summed E-state index contributed by atoms with van der Waals surface area (Å²) in [6.07, 6.45) is 17.8. The van der Waals surface area contributed by atoms with Crippen molar-refractivity contribution < 1.29 is 27.5 Å². The molecule has 5 rings (SSSR count). The zero-order valence-electron chi connectivity index (χ0n) is 36.0. The van der Waals surface area contributed by atoms with Crippen LogP contribution < -0.4 is 5.32 Å². The smallest absolute Gasteiger partial charge is 0.418 e. The Morgan fingerprint density at radius 2 is 1.32 bits per heavy atom. The molecule has 0 aromatic heterocycles. The van der Waals surface area contributed by atoms with Gasteiger partial charge in [-0.25, -0.2) is 23.1 Å². The third-order valence-electron chi connectivity index (χ3n) is 11.1. The number of benzene rings is 3. The molecular weight excluding hydrogens is 781 g/mol. The van der Waals surface area contributed by atoms with E-state index < -0.39 is 39.6 Å². The van der Waals surface area contributed by atoms with Crippen LogP contribution >= 0.6 is 11.8 Å². The highest BCUT2D eigenvalue weighted by Crippen LogP contribution is 2.39. The summed E-state index contributed by atoms with van der Waals surface area (Å²) in [6.45, 7) is 11.1. The maximum absolute atomic E-state index is 14.8. The summed E-state index contributed by atoms with van der Waals surface area (Å²) in [5.41, 5.74) is 2.03. The Morgan fingerprint density at radius 3 is 1.92 bits per heavy atom. The molecule has 1 fully saturated rings. The first-order chi connectivity index (χ1) is 28.2. The van der Waals surface area contributed by atoms with E-state index in [2.05, 4.69) is 18.3 Å². The predicted molar refractivity (Wildman–Crippen MR) is 238 cm³/mol. The lowest BCUT2D eigenvalue weighted by Crippen LogP contribution is -2.59. The molecule has 2 aliphatic rings. The topological polar surface area (TPSA) is 125 Å². The summed E-state index contributed by atoms with van der Waals surface area (Å²) < 4.78 is 35.5. The van der Waals surface area contributed by atoms with Gasteiger partial charge in [0.25, 0.3) is 21.8 Å². The number of para-hydroxylation sites is 1. The molecule has 2 heterocycles. The number of nitrogens with one attached hydrogen (secondary N) is 1. The van der Waals surface area contributed by atoms with Crippen LogP contribution in [0.3, 0.4) is 0 Å². The summed E-state index contributed by atoms with van der Waals surface area (Å²) in [4.78, 5) is 49.5. The lowest BCUT2D eigenvalue weighted by atomic mass is 10.0. The number of ether oxygens (including phenoxy) is 1.